The van der Waals surface area contributed by atoms with Gasteiger partial charge in [0.1, 0.15) is 31.9 Å². The lowest BCUT2D eigenvalue weighted by molar-refractivity contribution is -1.02. The van der Waals surface area contributed by atoms with Crippen LogP contribution in [0.1, 0.15) is 17.3 Å². The van der Waals surface area contributed by atoms with E-state index in [4.69, 9.17) is 4.98 Å². The standard InChI is InChI=1S/C25H26N4O/c1-27-15-17-28(18-16-27)25(21-12-7-8-14-26-21)23-20-11-5-6-13-22(20)29(30)24(23)19-9-3-2-4-10-19/h2-14,25,30H,15-18H2,1H3/p+2/t25-/m0/s1. The molecular formula is C25H28N4O+2. The maximum Gasteiger partial charge on any atom is 0.159 e. The lowest BCUT2D eigenvalue weighted by atomic mass is 9.94. The predicted molar refractivity (Wildman–Crippen MR) is 118 cm³/mol. The Morgan fingerprint density at radius 1 is 0.867 bits per heavy atom. The molecule has 3 heterocycles. The van der Waals surface area contributed by atoms with E-state index in [1.165, 1.54) is 9.63 Å². The van der Waals surface area contributed by atoms with Crippen LogP contribution in [-0.4, -0.2) is 48.1 Å². The summed E-state index contributed by atoms with van der Waals surface area (Å²) in [7, 11) is 2.27. The van der Waals surface area contributed by atoms with E-state index in [0.717, 1.165) is 59.6 Å². The first kappa shape index (κ1) is 18.9. The second kappa shape index (κ2) is 7.94. The van der Waals surface area contributed by atoms with Gasteiger partial charge in [-0.3, -0.25) is 4.98 Å². The van der Waals surface area contributed by atoms with E-state index in [1.54, 1.807) is 4.90 Å². The van der Waals surface area contributed by atoms with E-state index in [0.29, 0.717) is 0 Å². The highest BCUT2D eigenvalue weighted by Crippen LogP contribution is 2.37. The van der Waals surface area contributed by atoms with E-state index in [1.807, 2.05) is 42.6 Å². The molecule has 152 valence electrons. The number of fused-ring (bicyclic) bond motifs is 1. The molecule has 0 unspecified atom stereocenters. The molecule has 0 spiro atoms. The number of pyridine rings is 1. The van der Waals surface area contributed by atoms with Gasteiger partial charge in [0.2, 0.25) is 0 Å². The van der Waals surface area contributed by atoms with Crippen LogP contribution >= 0.6 is 0 Å². The monoisotopic (exact) mass is 400 g/mol. The molecule has 5 rings (SSSR count). The van der Waals surface area contributed by atoms with Crippen LogP contribution in [0.15, 0.2) is 79.0 Å². The number of para-hydroxylation sites is 1. The van der Waals surface area contributed by atoms with Crippen molar-refractivity contribution in [2.45, 2.75) is 6.04 Å². The number of aromatic nitrogens is 2. The summed E-state index contributed by atoms with van der Waals surface area (Å²) < 4.78 is 1.37. The number of hydrogen-bond acceptors (Lipinski definition) is 2. The van der Waals surface area contributed by atoms with Crippen molar-refractivity contribution in [2.24, 2.45) is 0 Å². The summed E-state index contributed by atoms with van der Waals surface area (Å²) in [4.78, 5) is 7.86. The molecule has 4 aromatic rings. The number of rotatable bonds is 4. The molecule has 30 heavy (non-hydrogen) atoms. The van der Waals surface area contributed by atoms with Crippen LogP contribution in [0.5, 0.6) is 0 Å². The molecule has 2 aromatic carbocycles. The molecular weight excluding hydrogens is 372 g/mol. The zero-order chi connectivity index (χ0) is 20.5. The van der Waals surface area contributed by atoms with Crippen LogP contribution in [0.3, 0.4) is 0 Å². The molecule has 5 heteroatoms. The average molecular weight is 401 g/mol. The average Bonchev–Trinajstić information content (AvgIpc) is 3.09. The van der Waals surface area contributed by atoms with Gasteiger partial charge >= 0.3 is 0 Å². The summed E-state index contributed by atoms with van der Waals surface area (Å²) in [5, 5.41) is 12.3. The maximum atomic E-state index is 11.2. The van der Waals surface area contributed by atoms with Gasteiger partial charge in [0.15, 0.2) is 6.04 Å². The third kappa shape index (κ3) is 3.26. The second-order valence-electron chi connectivity index (χ2n) is 8.26. The number of nitrogens with one attached hydrogen (secondary N) is 2. The maximum absolute atomic E-state index is 11.2. The lowest BCUT2D eigenvalue weighted by Gasteiger charge is -2.33. The van der Waals surface area contributed by atoms with E-state index < -0.39 is 0 Å². The topological polar surface area (TPSA) is 46.9 Å². The van der Waals surface area contributed by atoms with Crippen molar-refractivity contribution in [3.63, 3.8) is 0 Å². The SMILES string of the molecule is C[NH+]1CC[NH+]([C@@H](c2ccccn2)c2c(-c3ccccc3)n(O)c3ccccc23)CC1. The van der Waals surface area contributed by atoms with E-state index in [9.17, 15) is 5.21 Å². The quantitative estimate of drug-likeness (QED) is 0.454. The fourth-order valence-corrected chi connectivity index (χ4v) is 4.81. The smallest absolute Gasteiger partial charge is 0.159 e. The third-order valence-corrected chi connectivity index (χ3v) is 6.36. The van der Waals surface area contributed by atoms with Crippen molar-refractivity contribution in [2.75, 3.05) is 33.2 Å². The van der Waals surface area contributed by atoms with Gasteiger partial charge in [-0.15, -0.1) is 0 Å². The minimum absolute atomic E-state index is 0.0628. The van der Waals surface area contributed by atoms with Gasteiger partial charge in [-0.2, -0.15) is 4.73 Å². The summed E-state index contributed by atoms with van der Waals surface area (Å²) in [5.41, 5.74) is 4.94. The van der Waals surface area contributed by atoms with Crippen molar-refractivity contribution in [3.8, 4) is 11.3 Å². The number of benzene rings is 2. The molecule has 0 aliphatic carbocycles. The van der Waals surface area contributed by atoms with Gasteiger partial charge in [-0.1, -0.05) is 54.6 Å². The Balaban J connectivity index is 1.78. The molecule has 1 aliphatic heterocycles. The van der Waals surface area contributed by atoms with Gasteiger partial charge in [-0.05, 0) is 18.2 Å². The van der Waals surface area contributed by atoms with Crippen LogP contribution in [-0.2, 0) is 0 Å². The van der Waals surface area contributed by atoms with Crippen LogP contribution in [0.4, 0.5) is 0 Å². The van der Waals surface area contributed by atoms with Gasteiger partial charge in [0.25, 0.3) is 0 Å². The highest BCUT2D eigenvalue weighted by molar-refractivity contribution is 5.92. The minimum Gasteiger partial charge on any atom is -0.428 e. The van der Waals surface area contributed by atoms with Gasteiger partial charge in [0.05, 0.1) is 23.8 Å². The van der Waals surface area contributed by atoms with Gasteiger partial charge in [0, 0.05) is 17.1 Å². The van der Waals surface area contributed by atoms with E-state index in [2.05, 4.69) is 43.4 Å². The van der Waals surface area contributed by atoms with Crippen molar-refractivity contribution in [3.05, 3.63) is 90.3 Å². The molecule has 5 nitrogen and oxygen atoms in total. The van der Waals surface area contributed by atoms with Crippen molar-refractivity contribution in [1.82, 2.24) is 9.71 Å². The Morgan fingerprint density at radius 2 is 1.57 bits per heavy atom. The van der Waals surface area contributed by atoms with Crippen molar-refractivity contribution in [1.29, 1.82) is 0 Å². The minimum atomic E-state index is 0.0628. The van der Waals surface area contributed by atoms with Crippen LogP contribution in [0.25, 0.3) is 22.2 Å². The molecule has 2 aromatic heterocycles. The highest BCUT2D eigenvalue weighted by Gasteiger charge is 2.36. The molecule has 1 aliphatic rings. The summed E-state index contributed by atoms with van der Waals surface area (Å²) in [6.45, 7) is 4.42. The molecule has 0 bridgehead atoms. The van der Waals surface area contributed by atoms with Crippen LogP contribution in [0, 0.1) is 0 Å². The first-order valence-corrected chi connectivity index (χ1v) is 10.7. The Bertz CT molecular complexity index is 1130. The highest BCUT2D eigenvalue weighted by atomic mass is 16.5. The number of hydrogen-bond donors (Lipinski definition) is 3. The van der Waals surface area contributed by atoms with E-state index in [-0.39, 0.29) is 6.04 Å². The summed E-state index contributed by atoms with van der Waals surface area (Å²) in [6, 6.07) is 24.6. The molecule has 1 saturated heterocycles. The Labute approximate surface area is 176 Å². The fraction of sp³-hybridized carbons (Fsp3) is 0.240. The van der Waals surface area contributed by atoms with Gasteiger partial charge < -0.3 is 15.0 Å². The second-order valence-corrected chi connectivity index (χ2v) is 8.26. The normalized spacial score (nSPS) is 20.3. The molecule has 1 fully saturated rings. The van der Waals surface area contributed by atoms with E-state index >= 15 is 0 Å². The molecule has 3 N–H and O–H groups in total. The summed E-state index contributed by atoms with van der Waals surface area (Å²) >= 11 is 0. The van der Waals surface area contributed by atoms with Crippen molar-refractivity contribution >= 4 is 10.9 Å². The zero-order valence-electron chi connectivity index (χ0n) is 17.3. The first-order chi connectivity index (χ1) is 14.7. The number of piperazine rings is 1. The fourth-order valence-electron chi connectivity index (χ4n) is 4.81. The Hall–Kier alpha value is -3.15. The summed E-state index contributed by atoms with van der Waals surface area (Å²) in [5.74, 6) is 0. The first-order valence-electron chi connectivity index (χ1n) is 10.7. The number of likely N-dealkylation sites (N-methyl/N-ethyl adjacent to an activating group) is 1. The molecule has 1 atom stereocenters. The number of nitrogens with zero attached hydrogens (tertiary/aromatic N) is 2. The number of quaternary nitrogens is 2. The van der Waals surface area contributed by atoms with Crippen LogP contribution in [0.2, 0.25) is 0 Å². The van der Waals surface area contributed by atoms with Crippen LogP contribution < -0.4 is 9.80 Å². The largest absolute Gasteiger partial charge is 0.428 e. The predicted octanol–water partition coefficient (Wildman–Crippen LogP) is 1.44. The molecule has 0 radical (unpaired) electrons. The Kier molecular flexibility index (Phi) is 4.99. The van der Waals surface area contributed by atoms with Gasteiger partial charge in [-0.25, -0.2) is 0 Å². The zero-order valence-corrected chi connectivity index (χ0v) is 17.3. The lowest BCUT2D eigenvalue weighted by Crippen LogP contribution is -3.27. The Morgan fingerprint density at radius 3 is 2.30 bits per heavy atom. The van der Waals surface area contributed by atoms with Crippen molar-refractivity contribution < 1.29 is 15.0 Å². The molecule has 0 saturated carbocycles. The summed E-state index contributed by atoms with van der Waals surface area (Å²) in [6.07, 6.45) is 1.88. The molecule has 0 amide bonds. The third-order valence-electron chi connectivity index (χ3n) is 6.36.